The second kappa shape index (κ2) is 12.2. The Hall–Kier alpha value is -3.94. The van der Waals surface area contributed by atoms with Gasteiger partial charge in [0.2, 0.25) is 0 Å². The Morgan fingerprint density at radius 2 is 1.86 bits per heavy atom. The summed E-state index contributed by atoms with van der Waals surface area (Å²) >= 11 is 0. The SMILES string of the molecule is O=C(C=CCNCS(=O)(=O)c1ccccc1[N+](=O)[O-])CNCc1ccc(C2=NCCN2C(=O)O)cc1. The molecule has 2 aromatic carbocycles. The van der Waals surface area contributed by atoms with Crippen molar-refractivity contribution in [2.45, 2.75) is 11.4 Å². The van der Waals surface area contributed by atoms with Crippen molar-refractivity contribution >= 4 is 33.2 Å². The maximum atomic E-state index is 12.4. The highest BCUT2D eigenvalue weighted by Gasteiger charge is 2.25. The van der Waals surface area contributed by atoms with Gasteiger partial charge in [0.25, 0.3) is 5.69 Å². The van der Waals surface area contributed by atoms with E-state index in [0.29, 0.717) is 31.0 Å². The van der Waals surface area contributed by atoms with E-state index in [1.807, 2.05) is 12.1 Å². The molecule has 0 saturated carbocycles. The first-order valence-corrected chi connectivity index (χ1v) is 12.6. The molecular formula is C23H25N5O7S. The van der Waals surface area contributed by atoms with Crippen LogP contribution >= 0.6 is 0 Å². The van der Waals surface area contributed by atoms with E-state index in [1.165, 1.54) is 35.3 Å². The van der Waals surface area contributed by atoms with E-state index in [9.17, 15) is 33.2 Å². The maximum Gasteiger partial charge on any atom is 0.413 e. The lowest BCUT2D eigenvalue weighted by Crippen LogP contribution is -2.33. The molecule has 190 valence electrons. The van der Waals surface area contributed by atoms with E-state index in [2.05, 4.69) is 15.6 Å². The Morgan fingerprint density at radius 1 is 1.14 bits per heavy atom. The van der Waals surface area contributed by atoms with E-state index in [0.717, 1.165) is 11.6 Å². The number of carbonyl (C=O) groups excluding carboxylic acids is 1. The molecule has 0 aliphatic carbocycles. The summed E-state index contributed by atoms with van der Waals surface area (Å²) in [5, 5.41) is 25.9. The average molecular weight is 516 g/mol. The van der Waals surface area contributed by atoms with Crippen LogP contribution in [0.4, 0.5) is 10.5 Å². The fraction of sp³-hybridized carbons (Fsp3) is 0.261. The monoisotopic (exact) mass is 515 g/mol. The van der Waals surface area contributed by atoms with Crippen molar-refractivity contribution in [3.05, 3.63) is 81.9 Å². The summed E-state index contributed by atoms with van der Waals surface area (Å²) in [6.07, 6.45) is 1.75. The smallest absolute Gasteiger partial charge is 0.413 e. The number of hydrogen-bond acceptors (Lipinski definition) is 9. The summed E-state index contributed by atoms with van der Waals surface area (Å²) < 4.78 is 24.7. The van der Waals surface area contributed by atoms with Crippen molar-refractivity contribution in [1.82, 2.24) is 15.5 Å². The molecule has 1 heterocycles. The Morgan fingerprint density at radius 3 is 2.56 bits per heavy atom. The first-order valence-electron chi connectivity index (χ1n) is 10.9. The summed E-state index contributed by atoms with van der Waals surface area (Å²) in [5.74, 6) is -0.306. The molecule has 3 N–H and O–H groups in total. The highest BCUT2D eigenvalue weighted by atomic mass is 32.2. The zero-order valence-corrected chi connectivity index (χ0v) is 20.0. The minimum Gasteiger partial charge on any atom is -0.465 e. The number of nitro benzene ring substituents is 1. The van der Waals surface area contributed by atoms with Crippen molar-refractivity contribution in [3.63, 3.8) is 0 Å². The lowest BCUT2D eigenvalue weighted by Gasteiger charge is -2.14. The third kappa shape index (κ3) is 7.04. The molecule has 1 aliphatic heterocycles. The Labute approximate surface area is 207 Å². The van der Waals surface area contributed by atoms with Crippen molar-refractivity contribution in [2.75, 3.05) is 32.1 Å². The van der Waals surface area contributed by atoms with Gasteiger partial charge in [-0.3, -0.25) is 30.1 Å². The summed E-state index contributed by atoms with van der Waals surface area (Å²) in [6, 6.07) is 12.3. The summed E-state index contributed by atoms with van der Waals surface area (Å²) in [6.45, 7) is 1.34. The van der Waals surface area contributed by atoms with Gasteiger partial charge in [0.1, 0.15) is 16.6 Å². The number of nitro groups is 1. The van der Waals surface area contributed by atoms with Gasteiger partial charge in [0, 0.05) is 24.7 Å². The van der Waals surface area contributed by atoms with Crippen LogP contribution in [0.15, 0.2) is 70.6 Å². The number of nitrogens with zero attached hydrogens (tertiary/aromatic N) is 3. The van der Waals surface area contributed by atoms with E-state index in [4.69, 9.17) is 0 Å². The van der Waals surface area contributed by atoms with Gasteiger partial charge in [0.15, 0.2) is 15.6 Å². The van der Waals surface area contributed by atoms with Gasteiger partial charge in [0.05, 0.1) is 24.6 Å². The maximum absolute atomic E-state index is 12.4. The highest BCUT2D eigenvalue weighted by molar-refractivity contribution is 7.91. The fourth-order valence-corrected chi connectivity index (χ4v) is 4.75. The number of benzene rings is 2. The van der Waals surface area contributed by atoms with Gasteiger partial charge >= 0.3 is 6.09 Å². The molecule has 0 fully saturated rings. The predicted molar refractivity (Wildman–Crippen MR) is 132 cm³/mol. The summed E-state index contributed by atoms with van der Waals surface area (Å²) in [7, 11) is -3.92. The largest absolute Gasteiger partial charge is 0.465 e. The predicted octanol–water partition coefficient (Wildman–Crippen LogP) is 1.57. The van der Waals surface area contributed by atoms with Crippen molar-refractivity contribution < 1.29 is 28.0 Å². The zero-order chi connectivity index (χ0) is 26.1. The summed E-state index contributed by atoms with van der Waals surface area (Å²) in [5.41, 5.74) is 1.12. The van der Waals surface area contributed by atoms with E-state index >= 15 is 0 Å². The lowest BCUT2D eigenvalue weighted by atomic mass is 10.1. The van der Waals surface area contributed by atoms with Crippen LogP contribution in [0.3, 0.4) is 0 Å². The molecule has 36 heavy (non-hydrogen) atoms. The quantitative estimate of drug-likeness (QED) is 0.164. The Bertz CT molecular complexity index is 1290. The van der Waals surface area contributed by atoms with Crippen molar-refractivity contribution in [2.24, 2.45) is 4.99 Å². The van der Waals surface area contributed by atoms with Crippen molar-refractivity contribution in [1.29, 1.82) is 0 Å². The molecule has 13 heteroatoms. The molecule has 2 aromatic rings. The number of carboxylic acid groups (broad SMARTS) is 1. The number of hydrogen-bond donors (Lipinski definition) is 3. The molecule has 0 saturated heterocycles. The molecule has 1 aliphatic rings. The number of aliphatic imine (C=N–C) groups is 1. The summed E-state index contributed by atoms with van der Waals surface area (Å²) in [4.78, 5) is 38.6. The molecule has 3 rings (SSSR count). The van der Waals surface area contributed by atoms with Crippen LogP contribution in [-0.4, -0.2) is 73.1 Å². The minimum atomic E-state index is -3.92. The minimum absolute atomic E-state index is 0.0618. The number of carbonyl (C=O) groups is 2. The molecule has 0 spiro atoms. The number of sulfone groups is 1. The zero-order valence-electron chi connectivity index (χ0n) is 19.2. The number of amides is 1. The highest BCUT2D eigenvalue weighted by Crippen LogP contribution is 2.23. The number of para-hydroxylation sites is 1. The van der Waals surface area contributed by atoms with Crippen molar-refractivity contribution in [3.8, 4) is 0 Å². The second-order valence-corrected chi connectivity index (χ2v) is 9.70. The van der Waals surface area contributed by atoms with Crippen LogP contribution < -0.4 is 10.6 Å². The molecule has 0 unspecified atom stereocenters. The van der Waals surface area contributed by atoms with Gasteiger partial charge in [-0.25, -0.2) is 13.2 Å². The van der Waals surface area contributed by atoms with Crippen LogP contribution in [0, 0.1) is 10.1 Å². The number of nitrogens with one attached hydrogen (secondary N) is 2. The van der Waals surface area contributed by atoms with Gasteiger partial charge in [-0.2, -0.15) is 0 Å². The average Bonchev–Trinajstić information content (AvgIpc) is 3.35. The number of amidine groups is 1. The van der Waals surface area contributed by atoms with E-state index < -0.39 is 32.4 Å². The molecule has 0 atom stereocenters. The number of rotatable bonds is 12. The normalized spacial score (nSPS) is 13.7. The van der Waals surface area contributed by atoms with Crippen LogP contribution in [-0.2, 0) is 21.2 Å². The van der Waals surface area contributed by atoms with Crippen LogP contribution in [0.2, 0.25) is 0 Å². The first-order chi connectivity index (χ1) is 17.2. The molecule has 0 radical (unpaired) electrons. The second-order valence-electron chi connectivity index (χ2n) is 7.75. The van der Waals surface area contributed by atoms with Crippen LogP contribution in [0.25, 0.3) is 0 Å². The van der Waals surface area contributed by atoms with Gasteiger partial charge in [-0.15, -0.1) is 0 Å². The topological polar surface area (TPSA) is 171 Å². The number of ketones is 1. The lowest BCUT2D eigenvalue weighted by molar-refractivity contribution is -0.387. The Balaban J connectivity index is 1.40. The molecule has 0 bridgehead atoms. The van der Waals surface area contributed by atoms with Crippen LogP contribution in [0.5, 0.6) is 0 Å². The third-order valence-corrected chi connectivity index (χ3v) is 6.77. The first kappa shape index (κ1) is 26.7. The molecular weight excluding hydrogens is 490 g/mol. The Kier molecular flexibility index (Phi) is 9.00. The fourth-order valence-electron chi connectivity index (χ4n) is 3.46. The van der Waals surface area contributed by atoms with E-state index in [1.54, 1.807) is 12.1 Å². The van der Waals surface area contributed by atoms with Gasteiger partial charge in [-0.1, -0.05) is 42.5 Å². The third-order valence-electron chi connectivity index (χ3n) is 5.17. The van der Waals surface area contributed by atoms with E-state index in [-0.39, 0.29) is 23.8 Å². The molecule has 0 aromatic heterocycles. The van der Waals surface area contributed by atoms with Gasteiger partial charge < -0.3 is 10.4 Å². The molecule has 1 amide bonds. The molecule has 12 nitrogen and oxygen atoms in total. The van der Waals surface area contributed by atoms with Gasteiger partial charge in [-0.05, 0) is 17.7 Å². The van der Waals surface area contributed by atoms with Crippen LogP contribution in [0.1, 0.15) is 11.1 Å². The standard InChI is InChI=1S/C23H25N5O7S/c29-19(4-3-11-24-16-36(34,35)21-6-2-1-5-20(21)28(32)33)15-25-14-17-7-9-18(10-8-17)22-26-12-13-27(22)23(30)31/h1-10,24-25H,11-16H2,(H,30,31).